The van der Waals surface area contributed by atoms with E-state index in [0.717, 1.165) is 26.9 Å². The lowest BCUT2D eigenvalue weighted by molar-refractivity contribution is -0.121. The predicted molar refractivity (Wildman–Crippen MR) is 129 cm³/mol. The number of thioether (sulfide) groups is 1. The van der Waals surface area contributed by atoms with Crippen LogP contribution in [0.25, 0.3) is 11.3 Å². The van der Waals surface area contributed by atoms with Crippen molar-refractivity contribution in [3.63, 3.8) is 0 Å². The molecule has 0 unspecified atom stereocenters. The van der Waals surface area contributed by atoms with Gasteiger partial charge in [0.05, 0.1) is 5.69 Å². The Labute approximate surface area is 202 Å². The molecule has 9 nitrogen and oxygen atoms in total. The molecule has 0 saturated carbocycles. The normalized spacial score (nSPS) is 10.7. The molecule has 0 radical (unpaired) electrons. The standard InChI is InChI=1S/C21H18ClN7O2S2/c22-15-3-1-13(2-4-15)12-32-21-29-28-20(33-21)25-19(31)6-5-18(30)24-17-11-16(26-27-17)14-7-9-23-10-8-14/h1-4,7-11H,5-6,12H2,(H,25,28,31)(H2,24,26,27,30). The lowest BCUT2D eigenvalue weighted by Gasteiger charge is -2.02. The van der Waals surface area contributed by atoms with E-state index >= 15 is 0 Å². The van der Waals surface area contributed by atoms with Gasteiger partial charge >= 0.3 is 0 Å². The van der Waals surface area contributed by atoms with Crippen LogP contribution in [-0.2, 0) is 15.3 Å². The van der Waals surface area contributed by atoms with Crippen LogP contribution in [0.4, 0.5) is 10.9 Å². The van der Waals surface area contributed by atoms with Gasteiger partial charge in [0.25, 0.3) is 0 Å². The van der Waals surface area contributed by atoms with Crippen molar-refractivity contribution < 1.29 is 9.59 Å². The third-order valence-electron chi connectivity index (χ3n) is 4.34. The van der Waals surface area contributed by atoms with Crippen LogP contribution in [0.3, 0.4) is 0 Å². The molecule has 33 heavy (non-hydrogen) atoms. The molecule has 1 aromatic carbocycles. The minimum absolute atomic E-state index is 0.0141. The van der Waals surface area contributed by atoms with Crippen molar-refractivity contribution in [3.05, 3.63) is 65.4 Å². The molecule has 12 heteroatoms. The van der Waals surface area contributed by atoms with E-state index in [-0.39, 0.29) is 24.7 Å². The molecule has 0 aliphatic rings. The summed E-state index contributed by atoms with van der Waals surface area (Å²) in [5, 5.41) is 21.4. The van der Waals surface area contributed by atoms with E-state index in [1.165, 1.54) is 23.1 Å². The molecule has 3 aromatic heterocycles. The maximum absolute atomic E-state index is 12.2. The van der Waals surface area contributed by atoms with Crippen molar-refractivity contribution >= 4 is 57.5 Å². The predicted octanol–water partition coefficient (Wildman–Crippen LogP) is 4.63. The highest BCUT2D eigenvalue weighted by molar-refractivity contribution is 8.00. The molecule has 4 rings (SSSR count). The average Bonchev–Trinajstić information content (AvgIpc) is 3.47. The quantitative estimate of drug-likeness (QED) is 0.226. The van der Waals surface area contributed by atoms with E-state index in [4.69, 9.17) is 11.6 Å². The Balaban J connectivity index is 1.20. The van der Waals surface area contributed by atoms with Gasteiger partial charge < -0.3 is 10.6 Å². The number of halogens is 1. The van der Waals surface area contributed by atoms with Gasteiger partial charge in [0.2, 0.25) is 16.9 Å². The zero-order valence-electron chi connectivity index (χ0n) is 17.1. The van der Waals surface area contributed by atoms with Gasteiger partial charge in [-0.25, -0.2) is 0 Å². The number of amides is 2. The van der Waals surface area contributed by atoms with Crippen molar-refractivity contribution in [2.45, 2.75) is 22.9 Å². The summed E-state index contributed by atoms with van der Waals surface area (Å²) in [6.45, 7) is 0. The second kappa shape index (κ2) is 11.0. The third kappa shape index (κ3) is 6.85. The molecule has 0 fully saturated rings. The van der Waals surface area contributed by atoms with Gasteiger partial charge in [0.15, 0.2) is 10.2 Å². The molecule has 0 aliphatic carbocycles. The highest BCUT2D eigenvalue weighted by Crippen LogP contribution is 2.28. The number of carbonyl (C=O) groups excluding carboxylic acids is 2. The number of anilines is 2. The first-order chi connectivity index (χ1) is 16.0. The Morgan fingerprint density at radius 2 is 1.73 bits per heavy atom. The first-order valence-corrected chi connectivity index (χ1v) is 12.0. The molecule has 4 aromatic rings. The molecular weight excluding hydrogens is 482 g/mol. The minimum atomic E-state index is -0.311. The van der Waals surface area contributed by atoms with Crippen molar-refractivity contribution in [1.82, 2.24) is 25.4 Å². The Bertz CT molecular complexity index is 1230. The van der Waals surface area contributed by atoms with Gasteiger partial charge in [-0.1, -0.05) is 46.8 Å². The highest BCUT2D eigenvalue weighted by atomic mass is 35.5. The molecule has 0 spiro atoms. The Hall–Kier alpha value is -3.28. The number of aromatic nitrogens is 5. The van der Waals surface area contributed by atoms with E-state index in [2.05, 4.69) is 36.0 Å². The van der Waals surface area contributed by atoms with Crippen LogP contribution < -0.4 is 10.6 Å². The summed E-state index contributed by atoms with van der Waals surface area (Å²) in [5.41, 5.74) is 2.77. The van der Waals surface area contributed by atoms with Crippen molar-refractivity contribution in [2.75, 3.05) is 10.6 Å². The summed E-state index contributed by atoms with van der Waals surface area (Å²) < 4.78 is 0.738. The van der Waals surface area contributed by atoms with Crippen LogP contribution in [0.1, 0.15) is 18.4 Å². The number of hydrogen-bond acceptors (Lipinski definition) is 8. The highest BCUT2D eigenvalue weighted by Gasteiger charge is 2.12. The molecule has 3 heterocycles. The van der Waals surface area contributed by atoms with E-state index < -0.39 is 0 Å². The molecule has 0 bridgehead atoms. The van der Waals surface area contributed by atoms with Crippen LogP contribution in [0, 0.1) is 0 Å². The molecule has 0 aliphatic heterocycles. The van der Waals surface area contributed by atoms with Crippen LogP contribution in [0.15, 0.2) is 59.2 Å². The largest absolute Gasteiger partial charge is 0.309 e. The maximum atomic E-state index is 12.2. The summed E-state index contributed by atoms with van der Waals surface area (Å²) in [6.07, 6.45) is 3.37. The number of carbonyl (C=O) groups is 2. The number of benzene rings is 1. The summed E-state index contributed by atoms with van der Waals surface area (Å²) in [5.74, 6) is 0.485. The smallest absolute Gasteiger partial charge is 0.226 e. The van der Waals surface area contributed by atoms with Crippen LogP contribution in [-0.4, -0.2) is 37.2 Å². The van der Waals surface area contributed by atoms with Gasteiger partial charge in [-0.05, 0) is 29.8 Å². The topological polar surface area (TPSA) is 126 Å². The van der Waals surface area contributed by atoms with E-state index in [1.807, 2.05) is 36.4 Å². The number of aromatic amines is 1. The minimum Gasteiger partial charge on any atom is -0.309 e. The summed E-state index contributed by atoms with van der Waals surface area (Å²) in [4.78, 5) is 28.3. The van der Waals surface area contributed by atoms with Crippen LogP contribution in [0.2, 0.25) is 5.02 Å². The molecule has 0 saturated heterocycles. The second-order valence-corrected chi connectivity index (χ2v) is 9.42. The first kappa shape index (κ1) is 22.9. The van der Waals surface area contributed by atoms with E-state index in [1.54, 1.807) is 18.5 Å². The number of H-pyrrole nitrogens is 1. The Kier molecular flexibility index (Phi) is 7.66. The second-order valence-electron chi connectivity index (χ2n) is 6.79. The van der Waals surface area contributed by atoms with Crippen molar-refractivity contribution in [1.29, 1.82) is 0 Å². The van der Waals surface area contributed by atoms with E-state index in [9.17, 15) is 9.59 Å². The zero-order valence-corrected chi connectivity index (χ0v) is 19.5. The van der Waals surface area contributed by atoms with Gasteiger partial charge in [-0.3, -0.25) is 19.7 Å². The van der Waals surface area contributed by atoms with Crippen molar-refractivity contribution in [2.24, 2.45) is 0 Å². The molecule has 2 amide bonds. The van der Waals surface area contributed by atoms with Gasteiger partial charge in [-0.15, -0.1) is 10.2 Å². The lowest BCUT2D eigenvalue weighted by atomic mass is 10.2. The summed E-state index contributed by atoms with van der Waals surface area (Å²) in [6, 6.07) is 13.0. The zero-order chi connectivity index (χ0) is 23.0. The Morgan fingerprint density at radius 1 is 1.00 bits per heavy atom. The fourth-order valence-electron chi connectivity index (χ4n) is 2.72. The fraction of sp³-hybridized carbons (Fsp3) is 0.143. The number of rotatable bonds is 9. The fourth-order valence-corrected chi connectivity index (χ4v) is 4.57. The maximum Gasteiger partial charge on any atom is 0.226 e. The number of nitrogens with zero attached hydrogens (tertiary/aromatic N) is 4. The SMILES string of the molecule is O=C(CCC(=O)Nc1nnc(SCc2ccc(Cl)cc2)s1)Nc1cc(-c2ccncc2)[nH]n1. The molecule has 168 valence electrons. The van der Waals surface area contributed by atoms with Crippen molar-refractivity contribution in [3.8, 4) is 11.3 Å². The summed E-state index contributed by atoms with van der Waals surface area (Å²) >= 11 is 8.70. The monoisotopic (exact) mass is 499 g/mol. The summed E-state index contributed by atoms with van der Waals surface area (Å²) in [7, 11) is 0. The molecule has 3 N–H and O–H groups in total. The third-order valence-corrected chi connectivity index (χ3v) is 6.64. The molecular formula is C21H18ClN7O2S2. The average molecular weight is 500 g/mol. The van der Waals surface area contributed by atoms with Gasteiger partial charge in [0.1, 0.15) is 0 Å². The first-order valence-electron chi connectivity index (χ1n) is 9.81. The Morgan fingerprint density at radius 3 is 2.48 bits per heavy atom. The number of nitrogens with one attached hydrogen (secondary N) is 3. The molecule has 0 atom stereocenters. The van der Waals surface area contributed by atoms with Crippen LogP contribution >= 0.6 is 34.7 Å². The number of pyridine rings is 1. The lowest BCUT2D eigenvalue weighted by Crippen LogP contribution is -2.17. The van der Waals surface area contributed by atoms with E-state index in [0.29, 0.717) is 16.0 Å². The van der Waals surface area contributed by atoms with Gasteiger partial charge in [-0.2, -0.15) is 5.10 Å². The van der Waals surface area contributed by atoms with Gasteiger partial charge in [0, 0.05) is 47.6 Å². The number of hydrogen-bond donors (Lipinski definition) is 3. The van der Waals surface area contributed by atoms with Crippen LogP contribution in [0.5, 0.6) is 0 Å².